The van der Waals surface area contributed by atoms with Gasteiger partial charge in [0.15, 0.2) is 0 Å². The second kappa shape index (κ2) is 7.02. The van der Waals surface area contributed by atoms with Gasteiger partial charge in [-0.05, 0) is 32.9 Å². The molecule has 0 aliphatic rings. The zero-order valence-corrected chi connectivity index (χ0v) is 13.2. The summed E-state index contributed by atoms with van der Waals surface area (Å²) in [5.74, 6) is 0.655. The first-order valence-corrected chi connectivity index (χ1v) is 6.82. The number of carbonyl (C=O) groups is 1. The van der Waals surface area contributed by atoms with Crippen molar-refractivity contribution in [3.05, 3.63) is 30.3 Å². The first kappa shape index (κ1) is 16.9. The van der Waals surface area contributed by atoms with Crippen LogP contribution in [0.1, 0.15) is 26.3 Å². The van der Waals surface area contributed by atoms with Crippen LogP contribution in [0.4, 0.5) is 10.5 Å². The Hall–Kier alpha value is -2.17. The SMILES string of the molecule is C=Cc1c(N)cccc1OCCN(C)C(=O)OC(C)(C)C. The average Bonchev–Trinajstić information content (AvgIpc) is 2.36. The Morgan fingerprint density at radius 2 is 2.10 bits per heavy atom. The molecule has 5 heteroatoms. The van der Waals surface area contributed by atoms with E-state index in [1.54, 1.807) is 19.2 Å². The number of ether oxygens (including phenoxy) is 2. The lowest BCUT2D eigenvalue weighted by Gasteiger charge is -2.24. The van der Waals surface area contributed by atoms with Crippen LogP contribution in [0.2, 0.25) is 0 Å². The minimum Gasteiger partial charge on any atom is -0.491 e. The first-order chi connectivity index (χ1) is 9.74. The lowest BCUT2D eigenvalue weighted by Crippen LogP contribution is -2.36. The van der Waals surface area contributed by atoms with Gasteiger partial charge in [0.05, 0.1) is 6.54 Å². The number of hydrogen-bond donors (Lipinski definition) is 1. The fourth-order valence-corrected chi connectivity index (χ4v) is 1.63. The molecule has 0 aliphatic heterocycles. The Kier molecular flexibility index (Phi) is 5.64. The largest absolute Gasteiger partial charge is 0.491 e. The van der Waals surface area contributed by atoms with Gasteiger partial charge in [-0.3, -0.25) is 0 Å². The molecule has 2 N–H and O–H groups in total. The number of benzene rings is 1. The standard InChI is InChI=1S/C16H24N2O3/c1-6-12-13(17)8-7-9-14(12)20-11-10-18(5)15(19)21-16(2,3)4/h6-9H,1,10-11,17H2,2-5H3. The molecule has 0 aliphatic carbocycles. The molecule has 21 heavy (non-hydrogen) atoms. The zero-order valence-electron chi connectivity index (χ0n) is 13.2. The van der Waals surface area contributed by atoms with E-state index in [2.05, 4.69) is 6.58 Å². The molecule has 0 saturated carbocycles. The van der Waals surface area contributed by atoms with Crippen LogP contribution in [0, 0.1) is 0 Å². The predicted octanol–water partition coefficient (Wildman–Crippen LogP) is 3.16. The third-order valence-corrected chi connectivity index (χ3v) is 2.69. The van der Waals surface area contributed by atoms with Gasteiger partial charge in [-0.25, -0.2) is 4.79 Å². The van der Waals surface area contributed by atoms with E-state index in [0.717, 1.165) is 5.56 Å². The van der Waals surface area contributed by atoms with E-state index in [1.165, 1.54) is 4.90 Å². The fraction of sp³-hybridized carbons (Fsp3) is 0.438. The van der Waals surface area contributed by atoms with Crippen LogP contribution in [0.3, 0.4) is 0 Å². The van der Waals surface area contributed by atoms with Crippen LogP contribution in [0.25, 0.3) is 6.08 Å². The minimum atomic E-state index is -0.504. The second-order valence-electron chi connectivity index (χ2n) is 5.71. The number of amides is 1. The Bertz CT molecular complexity index is 507. The summed E-state index contributed by atoms with van der Waals surface area (Å²) >= 11 is 0. The van der Waals surface area contributed by atoms with Crippen LogP contribution in [-0.4, -0.2) is 36.8 Å². The van der Waals surface area contributed by atoms with Gasteiger partial charge in [-0.15, -0.1) is 0 Å². The Balaban J connectivity index is 2.52. The van der Waals surface area contributed by atoms with Crippen LogP contribution in [0.15, 0.2) is 24.8 Å². The molecule has 0 aromatic heterocycles. The molecular formula is C16H24N2O3. The quantitative estimate of drug-likeness (QED) is 0.847. The third kappa shape index (κ3) is 5.38. The minimum absolute atomic E-state index is 0.347. The molecule has 0 unspecified atom stereocenters. The summed E-state index contributed by atoms with van der Waals surface area (Å²) in [6.45, 7) is 9.98. The summed E-state index contributed by atoms with van der Waals surface area (Å²) in [5, 5.41) is 0. The van der Waals surface area contributed by atoms with Gasteiger partial charge in [0.2, 0.25) is 0 Å². The van der Waals surface area contributed by atoms with Crippen molar-refractivity contribution in [3.63, 3.8) is 0 Å². The van der Waals surface area contributed by atoms with Crippen molar-refractivity contribution in [3.8, 4) is 5.75 Å². The van der Waals surface area contributed by atoms with Crippen molar-refractivity contribution < 1.29 is 14.3 Å². The Morgan fingerprint density at radius 1 is 1.43 bits per heavy atom. The molecule has 116 valence electrons. The molecule has 0 atom stereocenters. The van der Waals surface area contributed by atoms with Crippen molar-refractivity contribution in [2.45, 2.75) is 26.4 Å². The van der Waals surface area contributed by atoms with Gasteiger partial charge in [-0.1, -0.05) is 18.7 Å². The van der Waals surface area contributed by atoms with Crippen LogP contribution >= 0.6 is 0 Å². The Morgan fingerprint density at radius 3 is 2.67 bits per heavy atom. The molecule has 1 aromatic rings. The van der Waals surface area contributed by atoms with Crippen molar-refractivity contribution in [1.82, 2.24) is 4.90 Å². The van der Waals surface area contributed by atoms with Gasteiger partial charge in [0, 0.05) is 18.3 Å². The maximum Gasteiger partial charge on any atom is 0.410 e. The molecule has 0 saturated heterocycles. The van der Waals surface area contributed by atoms with E-state index in [-0.39, 0.29) is 6.09 Å². The van der Waals surface area contributed by atoms with Gasteiger partial charge >= 0.3 is 6.09 Å². The summed E-state index contributed by atoms with van der Waals surface area (Å²) in [7, 11) is 1.67. The molecular weight excluding hydrogens is 268 g/mol. The maximum absolute atomic E-state index is 11.8. The number of hydrogen-bond acceptors (Lipinski definition) is 4. The molecule has 0 spiro atoms. The van der Waals surface area contributed by atoms with Crippen LogP contribution < -0.4 is 10.5 Å². The van der Waals surface area contributed by atoms with Gasteiger partial charge in [-0.2, -0.15) is 0 Å². The summed E-state index contributed by atoms with van der Waals surface area (Å²) in [6.07, 6.45) is 1.28. The van der Waals surface area contributed by atoms with Gasteiger partial charge in [0.25, 0.3) is 0 Å². The monoisotopic (exact) mass is 292 g/mol. The number of nitrogen functional groups attached to an aromatic ring is 1. The highest BCUT2D eigenvalue weighted by Crippen LogP contribution is 2.25. The van der Waals surface area contributed by atoms with Crippen molar-refractivity contribution in [2.24, 2.45) is 0 Å². The highest BCUT2D eigenvalue weighted by molar-refractivity contribution is 5.69. The summed E-state index contributed by atoms with van der Waals surface area (Å²) in [6, 6.07) is 5.42. The third-order valence-electron chi connectivity index (χ3n) is 2.69. The molecule has 0 radical (unpaired) electrons. The van der Waals surface area contributed by atoms with Crippen molar-refractivity contribution in [2.75, 3.05) is 25.9 Å². The fourth-order valence-electron chi connectivity index (χ4n) is 1.63. The van der Waals surface area contributed by atoms with E-state index in [1.807, 2.05) is 32.9 Å². The van der Waals surface area contributed by atoms with E-state index >= 15 is 0 Å². The normalized spacial score (nSPS) is 10.9. The molecule has 1 rings (SSSR count). The van der Waals surface area contributed by atoms with E-state index in [9.17, 15) is 4.79 Å². The predicted molar refractivity (Wildman–Crippen MR) is 85.3 cm³/mol. The topological polar surface area (TPSA) is 64.8 Å². The number of rotatable bonds is 5. The number of carbonyl (C=O) groups excluding carboxylic acids is 1. The van der Waals surface area contributed by atoms with Crippen molar-refractivity contribution in [1.29, 1.82) is 0 Å². The smallest absolute Gasteiger partial charge is 0.410 e. The lowest BCUT2D eigenvalue weighted by molar-refractivity contribution is 0.0278. The number of likely N-dealkylation sites (N-methyl/N-ethyl adjacent to an activating group) is 1. The summed E-state index contributed by atoms with van der Waals surface area (Å²) < 4.78 is 10.9. The molecule has 0 bridgehead atoms. The van der Waals surface area contributed by atoms with E-state index in [4.69, 9.17) is 15.2 Å². The highest BCUT2D eigenvalue weighted by atomic mass is 16.6. The zero-order chi connectivity index (χ0) is 16.0. The van der Waals surface area contributed by atoms with Crippen molar-refractivity contribution >= 4 is 17.9 Å². The number of nitrogens with two attached hydrogens (primary N) is 1. The summed E-state index contributed by atoms with van der Waals surface area (Å²) in [5.41, 5.74) is 6.72. The maximum atomic E-state index is 11.8. The molecule has 5 nitrogen and oxygen atoms in total. The lowest BCUT2D eigenvalue weighted by atomic mass is 10.1. The highest BCUT2D eigenvalue weighted by Gasteiger charge is 2.19. The van der Waals surface area contributed by atoms with Gasteiger partial charge in [0.1, 0.15) is 18.0 Å². The Labute approximate surface area is 126 Å². The average molecular weight is 292 g/mol. The van der Waals surface area contributed by atoms with E-state index in [0.29, 0.717) is 24.6 Å². The van der Waals surface area contributed by atoms with Crippen LogP contribution in [-0.2, 0) is 4.74 Å². The summed E-state index contributed by atoms with van der Waals surface area (Å²) in [4.78, 5) is 13.3. The molecule has 0 fully saturated rings. The van der Waals surface area contributed by atoms with Gasteiger partial charge < -0.3 is 20.1 Å². The first-order valence-electron chi connectivity index (χ1n) is 6.82. The number of nitrogens with zero attached hydrogens (tertiary/aromatic N) is 1. The molecule has 1 amide bonds. The number of anilines is 1. The molecule has 0 heterocycles. The van der Waals surface area contributed by atoms with E-state index < -0.39 is 5.60 Å². The second-order valence-corrected chi connectivity index (χ2v) is 5.71. The molecule has 1 aromatic carbocycles. The van der Waals surface area contributed by atoms with Crippen LogP contribution in [0.5, 0.6) is 5.75 Å².